The zero-order chi connectivity index (χ0) is 17.2. The number of carbonyl (C=O) groups is 2. The van der Waals surface area contributed by atoms with E-state index in [2.05, 4.69) is 29.5 Å². The summed E-state index contributed by atoms with van der Waals surface area (Å²) in [6.07, 6.45) is 6.60. The third-order valence-corrected chi connectivity index (χ3v) is 6.82. The summed E-state index contributed by atoms with van der Waals surface area (Å²) in [5.41, 5.74) is -0.246. The van der Waals surface area contributed by atoms with E-state index in [9.17, 15) is 9.59 Å². The Labute approximate surface area is 145 Å². The summed E-state index contributed by atoms with van der Waals surface area (Å²) in [6.45, 7) is 6.10. The molecule has 1 aliphatic carbocycles. The van der Waals surface area contributed by atoms with Crippen molar-refractivity contribution in [2.24, 2.45) is 5.41 Å². The van der Waals surface area contributed by atoms with Crippen molar-refractivity contribution in [1.82, 2.24) is 15.5 Å². The molecular weight excluding hydrogens is 302 g/mol. The number of likely N-dealkylation sites (N-methyl/N-ethyl adjacent to an activating group) is 1. The lowest BCUT2D eigenvalue weighted by atomic mass is 9.63. The zero-order valence-electron chi connectivity index (χ0n) is 15.3. The summed E-state index contributed by atoms with van der Waals surface area (Å²) in [5.74, 6) is 0.597. The van der Waals surface area contributed by atoms with E-state index in [-0.39, 0.29) is 17.4 Å². The van der Waals surface area contributed by atoms with Crippen LogP contribution < -0.4 is 10.6 Å². The third-order valence-electron chi connectivity index (χ3n) is 6.82. The van der Waals surface area contributed by atoms with E-state index >= 15 is 0 Å². The Morgan fingerprint density at radius 3 is 2.62 bits per heavy atom. The van der Waals surface area contributed by atoms with Gasteiger partial charge in [0.25, 0.3) is 0 Å². The van der Waals surface area contributed by atoms with Crippen LogP contribution in [0.5, 0.6) is 0 Å². The molecule has 0 aromatic heterocycles. The monoisotopic (exact) mass is 335 g/mol. The van der Waals surface area contributed by atoms with E-state index < -0.39 is 5.41 Å². The van der Waals surface area contributed by atoms with Gasteiger partial charge in [-0.2, -0.15) is 0 Å². The smallest absolute Gasteiger partial charge is 0.141 e. The Kier molecular flexibility index (Phi) is 5.42. The minimum Gasteiger partial charge on any atom is -0.317 e. The number of hydrogen-bond donors (Lipinski definition) is 2. The number of ketones is 2. The Hall–Kier alpha value is -0.780. The Bertz CT molecular complexity index is 487. The number of rotatable bonds is 4. The van der Waals surface area contributed by atoms with Gasteiger partial charge < -0.3 is 10.6 Å². The van der Waals surface area contributed by atoms with Gasteiger partial charge in [0.1, 0.15) is 11.6 Å². The summed E-state index contributed by atoms with van der Waals surface area (Å²) in [4.78, 5) is 27.6. The molecule has 2 saturated heterocycles. The van der Waals surface area contributed by atoms with E-state index in [1.807, 2.05) is 0 Å². The maximum Gasteiger partial charge on any atom is 0.141 e. The number of piperidine rings is 1. The number of Topliss-reactive ketones (excluding diaryl/α,β-unsaturated/α-hetero) is 2. The highest BCUT2D eigenvalue weighted by Gasteiger charge is 2.52. The van der Waals surface area contributed by atoms with Crippen LogP contribution in [-0.4, -0.2) is 61.3 Å². The number of carbonyl (C=O) groups excluding carboxylic acids is 2. The molecular formula is C19H33N3O2. The number of nitrogens with one attached hydrogen (secondary N) is 2. The molecule has 0 aromatic carbocycles. The Morgan fingerprint density at radius 2 is 1.96 bits per heavy atom. The van der Waals surface area contributed by atoms with Crippen molar-refractivity contribution in [2.75, 3.05) is 33.2 Å². The van der Waals surface area contributed by atoms with E-state index in [1.165, 1.54) is 0 Å². The van der Waals surface area contributed by atoms with Gasteiger partial charge in [0.2, 0.25) is 0 Å². The lowest BCUT2D eigenvalue weighted by Gasteiger charge is -2.54. The van der Waals surface area contributed by atoms with Crippen LogP contribution in [0.25, 0.3) is 0 Å². The van der Waals surface area contributed by atoms with Crippen molar-refractivity contribution in [3.63, 3.8) is 0 Å². The quantitative estimate of drug-likeness (QED) is 0.815. The molecule has 1 unspecified atom stereocenters. The Balaban J connectivity index is 1.79. The first-order valence-corrected chi connectivity index (χ1v) is 9.73. The van der Waals surface area contributed by atoms with Gasteiger partial charge in [-0.15, -0.1) is 0 Å². The van der Waals surface area contributed by atoms with Crippen molar-refractivity contribution in [2.45, 2.75) is 69.9 Å². The fourth-order valence-electron chi connectivity index (χ4n) is 5.05. The molecule has 5 nitrogen and oxygen atoms in total. The zero-order valence-corrected chi connectivity index (χ0v) is 15.3. The summed E-state index contributed by atoms with van der Waals surface area (Å²) in [6, 6.07) is 0.117. The molecule has 1 saturated carbocycles. The normalized spacial score (nSPS) is 34.7. The van der Waals surface area contributed by atoms with Crippen LogP contribution in [0.3, 0.4) is 0 Å². The molecule has 1 spiro atoms. The molecule has 0 radical (unpaired) electrons. The van der Waals surface area contributed by atoms with Crippen LogP contribution in [-0.2, 0) is 9.59 Å². The van der Waals surface area contributed by atoms with Crippen molar-refractivity contribution in [1.29, 1.82) is 0 Å². The van der Waals surface area contributed by atoms with Gasteiger partial charge in [0.05, 0.1) is 5.41 Å². The predicted octanol–water partition coefficient (Wildman–Crippen LogP) is 1.51. The largest absolute Gasteiger partial charge is 0.317 e. The lowest BCUT2D eigenvalue weighted by Crippen LogP contribution is -2.70. The molecule has 0 bridgehead atoms. The van der Waals surface area contributed by atoms with Crippen molar-refractivity contribution in [3.8, 4) is 0 Å². The van der Waals surface area contributed by atoms with Crippen LogP contribution in [0.2, 0.25) is 0 Å². The minimum atomic E-state index is -0.464. The maximum atomic E-state index is 12.9. The second-order valence-corrected chi connectivity index (χ2v) is 8.19. The van der Waals surface area contributed by atoms with E-state index in [1.54, 1.807) is 0 Å². The van der Waals surface area contributed by atoms with Gasteiger partial charge in [-0.3, -0.25) is 14.5 Å². The van der Waals surface area contributed by atoms with Crippen molar-refractivity contribution in [3.05, 3.63) is 0 Å². The number of hydrogen-bond acceptors (Lipinski definition) is 5. The van der Waals surface area contributed by atoms with Gasteiger partial charge in [-0.25, -0.2) is 0 Å². The fourth-order valence-corrected chi connectivity index (χ4v) is 5.05. The molecule has 5 heteroatoms. The van der Waals surface area contributed by atoms with Gasteiger partial charge in [-0.1, -0.05) is 19.8 Å². The second-order valence-electron chi connectivity index (χ2n) is 8.19. The van der Waals surface area contributed by atoms with Crippen molar-refractivity contribution < 1.29 is 9.59 Å². The fraction of sp³-hybridized carbons (Fsp3) is 0.895. The van der Waals surface area contributed by atoms with E-state index in [0.717, 1.165) is 58.3 Å². The van der Waals surface area contributed by atoms with Crippen LogP contribution in [0.15, 0.2) is 0 Å². The van der Waals surface area contributed by atoms with Crippen LogP contribution >= 0.6 is 0 Å². The molecule has 2 heterocycles. The molecule has 2 aliphatic heterocycles. The maximum absolute atomic E-state index is 12.9. The van der Waals surface area contributed by atoms with E-state index in [0.29, 0.717) is 25.0 Å². The van der Waals surface area contributed by atoms with Gasteiger partial charge in [0, 0.05) is 43.9 Å². The summed E-state index contributed by atoms with van der Waals surface area (Å²) in [7, 11) is 2.21. The SMILES string of the molecule is CCCCC1([C@H]2CN(C)C3(CCNCC3)CN2)CC(=O)CCC1=O. The number of piperazine rings is 1. The first-order chi connectivity index (χ1) is 11.5. The molecule has 3 fully saturated rings. The summed E-state index contributed by atoms with van der Waals surface area (Å²) >= 11 is 0. The average molecular weight is 335 g/mol. The predicted molar refractivity (Wildman–Crippen MR) is 95.1 cm³/mol. The molecule has 3 rings (SSSR count). The second kappa shape index (κ2) is 7.22. The van der Waals surface area contributed by atoms with Gasteiger partial charge in [0.15, 0.2) is 0 Å². The minimum absolute atomic E-state index is 0.117. The summed E-state index contributed by atoms with van der Waals surface area (Å²) in [5, 5.41) is 7.18. The van der Waals surface area contributed by atoms with Gasteiger partial charge >= 0.3 is 0 Å². The third kappa shape index (κ3) is 3.18. The number of nitrogens with zero attached hydrogens (tertiary/aromatic N) is 1. The molecule has 136 valence electrons. The van der Waals surface area contributed by atoms with Crippen LogP contribution in [0, 0.1) is 5.41 Å². The number of unbranched alkanes of at least 4 members (excludes halogenated alkanes) is 1. The topological polar surface area (TPSA) is 61.4 Å². The average Bonchev–Trinajstić information content (AvgIpc) is 2.59. The molecule has 3 aliphatic rings. The highest BCUT2D eigenvalue weighted by molar-refractivity contribution is 5.97. The highest BCUT2D eigenvalue weighted by atomic mass is 16.1. The molecule has 2 atom stereocenters. The van der Waals surface area contributed by atoms with E-state index in [4.69, 9.17) is 0 Å². The first kappa shape index (κ1) is 18.0. The molecule has 24 heavy (non-hydrogen) atoms. The lowest BCUT2D eigenvalue weighted by molar-refractivity contribution is -0.144. The standard InChI is InChI=1S/C19H33N3O2/c1-3-4-7-19(12-15(23)5-6-17(19)24)16-13-22(2)18(14-21-16)8-10-20-11-9-18/h16,20-21H,3-14H2,1-2H3/t16-,19?/m1/s1. The van der Waals surface area contributed by atoms with Crippen LogP contribution in [0.1, 0.15) is 58.3 Å². The summed E-state index contributed by atoms with van der Waals surface area (Å²) < 4.78 is 0. The molecule has 0 amide bonds. The van der Waals surface area contributed by atoms with Crippen molar-refractivity contribution >= 4 is 11.6 Å². The first-order valence-electron chi connectivity index (χ1n) is 9.73. The Morgan fingerprint density at radius 1 is 1.21 bits per heavy atom. The highest BCUT2D eigenvalue weighted by Crippen LogP contribution is 2.42. The van der Waals surface area contributed by atoms with Gasteiger partial charge in [-0.05, 0) is 39.4 Å². The molecule has 0 aromatic rings. The molecule has 2 N–H and O–H groups in total. The van der Waals surface area contributed by atoms with Crippen LogP contribution in [0.4, 0.5) is 0 Å².